The zero-order valence-electron chi connectivity index (χ0n) is 12.9. The fourth-order valence-electron chi connectivity index (χ4n) is 2.39. The molecule has 0 aliphatic heterocycles. The van der Waals surface area contributed by atoms with Gasteiger partial charge in [0.25, 0.3) is 0 Å². The van der Waals surface area contributed by atoms with Crippen molar-refractivity contribution in [1.29, 1.82) is 0 Å². The summed E-state index contributed by atoms with van der Waals surface area (Å²) < 4.78 is 5.20. The smallest absolute Gasteiger partial charge is 0.0637 e. The van der Waals surface area contributed by atoms with Gasteiger partial charge in [0.15, 0.2) is 0 Å². The molecule has 1 aromatic carbocycles. The van der Waals surface area contributed by atoms with Crippen LogP contribution in [0.4, 0.5) is 5.69 Å². The van der Waals surface area contributed by atoms with E-state index in [-0.39, 0.29) is 6.04 Å². The Balaban J connectivity index is 2.91. The quantitative estimate of drug-likeness (QED) is 0.823. The van der Waals surface area contributed by atoms with Crippen molar-refractivity contribution in [3.63, 3.8) is 0 Å². The van der Waals surface area contributed by atoms with Crippen LogP contribution in [0.1, 0.15) is 31.9 Å². The maximum absolute atomic E-state index is 5.86. The van der Waals surface area contributed by atoms with Crippen molar-refractivity contribution in [1.82, 2.24) is 0 Å². The van der Waals surface area contributed by atoms with Crippen LogP contribution in [0.2, 0.25) is 0 Å². The fraction of sp³-hybridized carbons (Fsp3) is 0.625. The Kier molecular flexibility index (Phi) is 6.32. The van der Waals surface area contributed by atoms with Crippen molar-refractivity contribution in [3.05, 3.63) is 29.3 Å². The van der Waals surface area contributed by atoms with E-state index in [0.29, 0.717) is 6.04 Å². The topological polar surface area (TPSA) is 38.5 Å². The van der Waals surface area contributed by atoms with Crippen LogP contribution in [0.15, 0.2) is 18.2 Å². The number of hydrogen-bond acceptors (Lipinski definition) is 3. The van der Waals surface area contributed by atoms with E-state index < -0.39 is 0 Å². The number of nitrogens with zero attached hydrogens (tertiary/aromatic N) is 1. The summed E-state index contributed by atoms with van der Waals surface area (Å²) >= 11 is 0. The van der Waals surface area contributed by atoms with E-state index >= 15 is 0 Å². The molecule has 0 radical (unpaired) electrons. The zero-order chi connectivity index (χ0) is 14.4. The Hall–Kier alpha value is -1.06. The monoisotopic (exact) mass is 264 g/mol. The fourth-order valence-corrected chi connectivity index (χ4v) is 2.39. The lowest BCUT2D eigenvalue weighted by Crippen LogP contribution is -2.34. The van der Waals surface area contributed by atoms with E-state index in [9.17, 15) is 0 Å². The average Bonchev–Trinajstić information content (AvgIpc) is 2.30. The van der Waals surface area contributed by atoms with Gasteiger partial charge in [-0.15, -0.1) is 0 Å². The van der Waals surface area contributed by atoms with Crippen molar-refractivity contribution in [2.75, 3.05) is 25.2 Å². The van der Waals surface area contributed by atoms with E-state index in [1.54, 1.807) is 7.11 Å². The predicted molar refractivity (Wildman–Crippen MR) is 82.9 cm³/mol. The molecule has 1 atom stereocenters. The Morgan fingerprint density at radius 2 is 1.95 bits per heavy atom. The van der Waals surface area contributed by atoms with Crippen LogP contribution in [-0.4, -0.2) is 32.3 Å². The minimum absolute atomic E-state index is 0.208. The zero-order valence-corrected chi connectivity index (χ0v) is 12.9. The number of hydrogen-bond donors (Lipinski definition) is 1. The summed E-state index contributed by atoms with van der Waals surface area (Å²) in [6.45, 7) is 10.3. The predicted octanol–water partition coefficient (Wildman–Crippen LogP) is 2.75. The minimum atomic E-state index is 0.208. The van der Waals surface area contributed by atoms with E-state index in [4.69, 9.17) is 10.5 Å². The summed E-state index contributed by atoms with van der Waals surface area (Å²) in [6.07, 6.45) is 0.931. The van der Waals surface area contributed by atoms with E-state index in [2.05, 4.69) is 43.9 Å². The SMILES string of the molecule is COCCN(c1ccc(CC(C)N)cc1C)C(C)C. The number of aryl methyl sites for hydroxylation is 1. The second-order valence-electron chi connectivity index (χ2n) is 5.58. The van der Waals surface area contributed by atoms with E-state index in [1.165, 1.54) is 16.8 Å². The molecule has 0 amide bonds. The van der Waals surface area contributed by atoms with Gasteiger partial charge >= 0.3 is 0 Å². The number of anilines is 1. The summed E-state index contributed by atoms with van der Waals surface area (Å²) in [6, 6.07) is 7.32. The maximum atomic E-state index is 5.86. The van der Waals surface area contributed by atoms with Crippen LogP contribution in [0.25, 0.3) is 0 Å². The average molecular weight is 264 g/mol. The van der Waals surface area contributed by atoms with Gasteiger partial charge in [-0.1, -0.05) is 12.1 Å². The van der Waals surface area contributed by atoms with Gasteiger partial charge in [0, 0.05) is 31.4 Å². The molecule has 1 aromatic rings. The number of nitrogens with two attached hydrogens (primary N) is 1. The van der Waals surface area contributed by atoms with Crippen LogP contribution in [-0.2, 0) is 11.2 Å². The molecular weight excluding hydrogens is 236 g/mol. The lowest BCUT2D eigenvalue weighted by molar-refractivity contribution is 0.204. The summed E-state index contributed by atoms with van der Waals surface area (Å²) in [5.74, 6) is 0. The first-order valence-corrected chi connectivity index (χ1v) is 7.06. The van der Waals surface area contributed by atoms with Gasteiger partial charge in [-0.05, 0) is 51.3 Å². The molecule has 0 heterocycles. The molecule has 0 saturated carbocycles. The van der Waals surface area contributed by atoms with Crippen LogP contribution < -0.4 is 10.6 Å². The third kappa shape index (κ3) is 4.84. The normalized spacial score (nSPS) is 12.8. The largest absolute Gasteiger partial charge is 0.383 e. The highest BCUT2D eigenvalue weighted by Crippen LogP contribution is 2.23. The lowest BCUT2D eigenvalue weighted by atomic mass is 10.0. The first kappa shape index (κ1) is 16.0. The Morgan fingerprint density at radius 1 is 1.26 bits per heavy atom. The number of benzene rings is 1. The summed E-state index contributed by atoms with van der Waals surface area (Å²) in [5.41, 5.74) is 9.77. The molecule has 0 aromatic heterocycles. The van der Waals surface area contributed by atoms with Crippen molar-refractivity contribution in [2.45, 2.75) is 46.2 Å². The van der Waals surface area contributed by atoms with Gasteiger partial charge < -0.3 is 15.4 Å². The van der Waals surface area contributed by atoms with Crippen LogP contribution in [0.5, 0.6) is 0 Å². The molecule has 108 valence electrons. The van der Waals surface area contributed by atoms with Crippen molar-refractivity contribution >= 4 is 5.69 Å². The number of ether oxygens (including phenoxy) is 1. The summed E-state index contributed by atoms with van der Waals surface area (Å²) in [7, 11) is 1.75. The highest BCUT2D eigenvalue weighted by molar-refractivity contribution is 5.55. The Labute approximate surface area is 117 Å². The molecule has 0 aliphatic rings. The Bertz CT molecular complexity index is 388. The molecule has 0 saturated heterocycles. The van der Waals surface area contributed by atoms with Crippen molar-refractivity contribution in [2.24, 2.45) is 5.73 Å². The molecule has 3 nitrogen and oxygen atoms in total. The molecular formula is C16H28N2O. The van der Waals surface area contributed by atoms with Gasteiger partial charge in [0.05, 0.1) is 6.61 Å². The Morgan fingerprint density at radius 3 is 2.42 bits per heavy atom. The second kappa shape index (κ2) is 7.51. The summed E-state index contributed by atoms with van der Waals surface area (Å²) in [4.78, 5) is 2.38. The van der Waals surface area contributed by atoms with E-state index in [1.807, 2.05) is 6.92 Å². The summed E-state index contributed by atoms with van der Waals surface area (Å²) in [5, 5.41) is 0. The highest BCUT2D eigenvalue weighted by atomic mass is 16.5. The first-order valence-electron chi connectivity index (χ1n) is 7.06. The standard InChI is InChI=1S/C16H28N2O/c1-12(2)18(8-9-19-5)16-7-6-15(10-13(16)3)11-14(4)17/h6-7,10,12,14H,8-9,11,17H2,1-5H3. The van der Waals surface area contributed by atoms with Crippen molar-refractivity contribution < 1.29 is 4.74 Å². The molecule has 3 heteroatoms. The van der Waals surface area contributed by atoms with Gasteiger partial charge in [-0.25, -0.2) is 0 Å². The molecule has 2 N–H and O–H groups in total. The third-order valence-corrected chi connectivity index (χ3v) is 3.29. The number of methoxy groups -OCH3 is 1. The maximum Gasteiger partial charge on any atom is 0.0637 e. The lowest BCUT2D eigenvalue weighted by Gasteiger charge is -2.30. The van der Waals surface area contributed by atoms with Crippen molar-refractivity contribution in [3.8, 4) is 0 Å². The molecule has 0 bridgehead atoms. The van der Waals surface area contributed by atoms with E-state index in [0.717, 1.165) is 19.6 Å². The molecule has 0 aliphatic carbocycles. The second-order valence-corrected chi connectivity index (χ2v) is 5.58. The van der Waals surface area contributed by atoms with Crippen LogP contribution >= 0.6 is 0 Å². The third-order valence-electron chi connectivity index (χ3n) is 3.29. The van der Waals surface area contributed by atoms with Gasteiger partial charge in [0.2, 0.25) is 0 Å². The molecule has 0 spiro atoms. The molecule has 0 fully saturated rings. The molecule has 1 rings (SSSR count). The number of rotatable bonds is 7. The van der Waals surface area contributed by atoms with Crippen LogP contribution in [0, 0.1) is 6.92 Å². The molecule has 1 unspecified atom stereocenters. The highest BCUT2D eigenvalue weighted by Gasteiger charge is 2.13. The minimum Gasteiger partial charge on any atom is -0.383 e. The molecule has 19 heavy (non-hydrogen) atoms. The first-order chi connectivity index (χ1) is 8.95. The van der Waals surface area contributed by atoms with Crippen LogP contribution in [0.3, 0.4) is 0 Å². The van der Waals surface area contributed by atoms with Gasteiger partial charge in [-0.2, -0.15) is 0 Å². The van der Waals surface area contributed by atoms with Gasteiger partial charge in [0.1, 0.15) is 0 Å². The van der Waals surface area contributed by atoms with Gasteiger partial charge in [-0.3, -0.25) is 0 Å².